The van der Waals surface area contributed by atoms with Crippen LogP contribution in [0.3, 0.4) is 0 Å². The van der Waals surface area contributed by atoms with Crippen LogP contribution in [0.25, 0.3) is 11.1 Å². The molecule has 0 radical (unpaired) electrons. The van der Waals surface area contributed by atoms with Crippen LogP contribution in [0.5, 0.6) is 0 Å². The monoisotopic (exact) mass is 1620 g/mol. The molecule has 0 aromatic heterocycles. The smallest absolute Gasteiger partial charge is 0.373 e. The Morgan fingerprint density at radius 1 is 0.429 bits per heavy atom. The fraction of sp³-hybridized carbons (Fsp3) is 0.310. The molecule has 6 aromatic rings. The maximum atomic E-state index is 13.9. The molecule has 0 saturated heterocycles. The van der Waals surface area contributed by atoms with Crippen molar-refractivity contribution in [3.63, 3.8) is 0 Å². The van der Waals surface area contributed by atoms with Crippen LogP contribution in [-0.2, 0) is 71.2 Å². The van der Waals surface area contributed by atoms with Gasteiger partial charge in [0.05, 0.1) is 45.9 Å². The quantitative estimate of drug-likeness (QED) is 0.0115. The largest absolute Gasteiger partial charge is 0.469 e. The predicted octanol–water partition coefficient (Wildman–Crippen LogP) is 16.8. The summed E-state index contributed by atoms with van der Waals surface area (Å²) in [7, 11) is -0.301. The third-order valence-electron chi connectivity index (χ3n) is 14.9. The van der Waals surface area contributed by atoms with Crippen LogP contribution >= 0.6 is 57.9 Å². The number of hydrogen-bond acceptors (Lipinski definition) is 17. The molecule has 0 bridgehead atoms. The van der Waals surface area contributed by atoms with Gasteiger partial charge in [0.2, 0.25) is 0 Å². The average molecular weight is 1620 g/mol. The average Bonchev–Trinajstić information content (AvgIpc) is 0.796. The Hall–Kier alpha value is -8.50. The number of thioether (sulfide) groups is 1. The van der Waals surface area contributed by atoms with Gasteiger partial charge in [-0.1, -0.05) is 274 Å². The fourth-order valence-electron chi connectivity index (χ4n) is 9.46. The van der Waals surface area contributed by atoms with Gasteiger partial charge in [-0.15, -0.1) is 0 Å². The molecule has 0 aliphatic heterocycles. The molecule has 6 rings (SSSR count). The highest BCUT2D eigenvalue weighted by atomic mass is 79.9. The van der Waals surface area contributed by atoms with E-state index in [1.807, 2.05) is 198 Å². The number of ketones is 3. The lowest BCUT2D eigenvalue weighted by Gasteiger charge is -2.33. The van der Waals surface area contributed by atoms with Crippen molar-refractivity contribution in [1.29, 1.82) is 0 Å². The van der Waals surface area contributed by atoms with Crippen LogP contribution in [0.1, 0.15) is 92.7 Å². The lowest BCUT2D eigenvalue weighted by Crippen LogP contribution is -2.32. The second-order valence-electron chi connectivity index (χ2n) is 25.3. The Morgan fingerprint density at radius 2 is 0.733 bits per heavy atom. The Bertz CT molecular complexity index is 3840. The van der Waals surface area contributed by atoms with E-state index < -0.39 is 37.1 Å². The third kappa shape index (κ3) is 38.9. The van der Waals surface area contributed by atoms with Gasteiger partial charge in [0.25, 0.3) is 0 Å². The van der Waals surface area contributed by atoms with Crippen LogP contribution < -0.4 is 21.2 Å². The molecule has 0 fully saturated rings. The summed E-state index contributed by atoms with van der Waals surface area (Å²) in [4.78, 5) is 93.8. The summed E-state index contributed by atoms with van der Waals surface area (Å²) in [6, 6.07) is 58.2. The molecule has 0 unspecified atom stereocenters. The number of alkyl halides is 2. The highest BCUT2D eigenvalue weighted by Gasteiger charge is 2.37. The topological polar surface area (TPSA) is 245 Å². The number of halogens is 2. The predicted molar refractivity (Wildman–Crippen MR) is 438 cm³/mol. The number of esters is 4. The number of carbonyl (C=O) groups is 7. The van der Waals surface area contributed by atoms with Gasteiger partial charge in [-0.25, -0.2) is 9.59 Å². The Kier molecular flexibility index (Phi) is 49.2. The van der Waals surface area contributed by atoms with Crippen LogP contribution in [0.4, 0.5) is 0 Å². The standard InChI is InChI=1S/C21H19OP.C17H17O2P.C14H24O4.C10H16O4.C9H9Br.C7H12O2S.C5H7BrO.CO2/c1-18(19-11-5-2-6-12-19)17-23(22,20-13-7-3-8-14-20)21-15-9-4-10-16-21;1-14(15(2)18)13-20(19,16-9-5-3-6-10-16)17-11-7-4-8-12-17;1-10(11(15)17-6)8-13(2,3)9-14(4,5)12(16)18-7;1-7(8(11)13-4)6-10(2,3)9(12)14-5;1-8(7-10)9-5-3-2-4-6-9;1-6(7(2)9)5-10-4-3-8;1-4(3-6)5(2)7;2-1-3/h2-16H,1,17H2;3-12H,1,13H2,2H3;1,8-9H2,2-7H3;1,6H2,2-5H3;2-6H,1,7H2;8H,1,3-5H2,2H3;1,3H2,2H3;. The molecule has 105 heavy (non-hydrogen) atoms. The van der Waals surface area contributed by atoms with E-state index in [1.54, 1.807) is 13.8 Å². The van der Waals surface area contributed by atoms with Gasteiger partial charge in [0, 0.05) is 66.9 Å². The maximum absolute atomic E-state index is 13.9. The minimum atomic E-state index is -2.85. The molecule has 0 atom stereocenters. The van der Waals surface area contributed by atoms with Gasteiger partial charge < -0.3 is 33.2 Å². The summed E-state index contributed by atoms with van der Waals surface area (Å²) in [5.41, 5.74) is 5.05. The first kappa shape index (κ1) is 98.6. The Labute approximate surface area is 644 Å². The summed E-state index contributed by atoms with van der Waals surface area (Å²) >= 11 is 7.97. The van der Waals surface area contributed by atoms with Gasteiger partial charge in [-0.05, 0) is 112 Å². The number of rotatable bonds is 29. The van der Waals surface area contributed by atoms with Crippen LogP contribution in [0.2, 0.25) is 0 Å². The van der Waals surface area contributed by atoms with Crippen LogP contribution in [-0.4, -0.2) is 122 Å². The van der Waals surface area contributed by atoms with Gasteiger partial charge in [-0.3, -0.25) is 24.0 Å². The molecular weight excluding hydrogens is 1520 g/mol. The Balaban J connectivity index is 0. The van der Waals surface area contributed by atoms with Gasteiger partial charge in [0.1, 0.15) is 14.3 Å². The first-order valence-corrected chi connectivity index (χ1v) is 39.9. The number of aliphatic hydroxyl groups is 1. The molecule has 0 aliphatic rings. The first-order chi connectivity index (χ1) is 49.3. The fourth-order valence-corrected chi connectivity index (χ4v) is 16.3. The number of Topliss-reactive ketones (excluding diaryl/α,β-unsaturated/α-hetero) is 3. The SMILES string of the molecule is C=C(CBr)C(C)=O.C=C(CBr)c1ccccc1.C=C(CC(C)(C)C(=O)OC)C(=O)OC.C=C(CC(C)(C)CC(C)(C)C(=O)OC)C(=O)OC.C=C(CP(=O)(c1ccccc1)c1ccccc1)C(C)=O.C=C(CP(=O)(c1ccccc1)c1ccccc1)c1ccccc1.C=C(CSCCO)C(C)=O.O=C=O. The zero-order chi connectivity index (χ0) is 80.6. The van der Waals surface area contributed by atoms with Crippen molar-refractivity contribution in [2.24, 2.45) is 16.2 Å². The van der Waals surface area contributed by atoms with E-state index in [0.717, 1.165) is 43.3 Å². The Morgan fingerprint density at radius 3 is 1.02 bits per heavy atom. The number of ether oxygens (including phenoxy) is 4. The number of aliphatic hydroxyl groups excluding tert-OH is 1. The highest BCUT2D eigenvalue weighted by Crippen LogP contribution is 2.47. The van der Waals surface area contributed by atoms with Crippen molar-refractivity contribution < 1.29 is 76.3 Å². The second-order valence-corrected chi connectivity index (χ2v) is 33.2. The van der Waals surface area contributed by atoms with E-state index in [-0.39, 0.29) is 65.6 Å². The zero-order valence-electron chi connectivity index (χ0n) is 63.0. The van der Waals surface area contributed by atoms with Crippen molar-refractivity contribution in [3.8, 4) is 0 Å². The van der Waals surface area contributed by atoms with Gasteiger partial charge in [-0.2, -0.15) is 21.4 Å². The molecule has 1 N–H and O–H groups in total. The van der Waals surface area contributed by atoms with E-state index in [0.29, 0.717) is 58.1 Å². The van der Waals surface area contributed by atoms with E-state index >= 15 is 0 Å². The van der Waals surface area contributed by atoms with E-state index in [1.165, 1.54) is 66.5 Å². The van der Waals surface area contributed by atoms with Crippen LogP contribution in [0, 0.1) is 16.2 Å². The van der Waals surface area contributed by atoms with Crippen molar-refractivity contribution >= 4 is 138 Å². The van der Waals surface area contributed by atoms with Crippen molar-refractivity contribution in [2.75, 3.05) is 69.5 Å². The molecule has 0 heterocycles. The molecule has 21 heteroatoms. The van der Waals surface area contributed by atoms with E-state index in [9.17, 15) is 42.7 Å². The van der Waals surface area contributed by atoms with Crippen molar-refractivity contribution in [2.45, 2.75) is 81.6 Å². The summed E-state index contributed by atoms with van der Waals surface area (Å²) in [5.74, 6) is -0.246. The molecule has 566 valence electrons. The molecule has 0 aliphatic carbocycles. The van der Waals surface area contributed by atoms with E-state index in [4.69, 9.17) is 19.4 Å². The van der Waals surface area contributed by atoms with Crippen LogP contribution in [0.15, 0.2) is 256 Å². The molecule has 0 spiro atoms. The lowest BCUT2D eigenvalue weighted by atomic mass is 9.72. The summed E-state index contributed by atoms with van der Waals surface area (Å²) in [6.07, 6.45) is 2.20. The molecular formula is C84H104Br2O16P2S. The number of methoxy groups -OCH3 is 4. The van der Waals surface area contributed by atoms with Crippen molar-refractivity contribution in [3.05, 3.63) is 267 Å². The maximum Gasteiger partial charge on any atom is 0.373 e. The molecule has 16 nitrogen and oxygen atoms in total. The molecule has 0 amide bonds. The van der Waals surface area contributed by atoms with Gasteiger partial charge in [0.15, 0.2) is 17.3 Å². The number of benzene rings is 6. The molecule has 6 aromatic carbocycles. The van der Waals surface area contributed by atoms with Crippen molar-refractivity contribution in [1.82, 2.24) is 0 Å². The summed E-state index contributed by atoms with van der Waals surface area (Å²) < 4.78 is 45.9. The third-order valence-corrected chi connectivity index (χ3v) is 23.5. The normalized spacial score (nSPS) is 10.4. The second kappa shape index (κ2) is 52.5. The summed E-state index contributed by atoms with van der Waals surface area (Å²) in [5, 5.41) is 13.1. The first-order valence-electron chi connectivity index (χ1n) is 32.7. The van der Waals surface area contributed by atoms with Gasteiger partial charge >= 0.3 is 30.0 Å². The lowest BCUT2D eigenvalue weighted by molar-refractivity contribution is -0.192. The van der Waals surface area contributed by atoms with E-state index in [2.05, 4.69) is 104 Å². The number of allylic oxidation sites excluding steroid dienone is 4. The number of carbonyl (C=O) groups excluding carboxylic acids is 9. The number of hydrogen-bond donors (Lipinski definition) is 1. The summed E-state index contributed by atoms with van der Waals surface area (Å²) in [6.45, 7) is 41.8. The highest BCUT2D eigenvalue weighted by molar-refractivity contribution is 9.09. The minimum Gasteiger partial charge on any atom is -0.469 e. The minimum absolute atomic E-state index is 0.0328. The molecule has 0 saturated carbocycles. The zero-order valence-corrected chi connectivity index (χ0v) is 68.7.